The minimum absolute atomic E-state index is 0.208. The van der Waals surface area contributed by atoms with E-state index in [1.54, 1.807) is 27.5 Å². The van der Waals surface area contributed by atoms with Gasteiger partial charge in [0.15, 0.2) is 17.3 Å². The Bertz CT molecular complexity index is 1790. The van der Waals surface area contributed by atoms with E-state index in [1.807, 2.05) is 49.8 Å². The molecular weight excluding hydrogens is 464 g/mol. The molecule has 0 saturated heterocycles. The van der Waals surface area contributed by atoms with Crippen LogP contribution in [0.15, 0.2) is 79.5 Å². The molecule has 0 unspecified atom stereocenters. The van der Waals surface area contributed by atoms with Gasteiger partial charge in [0, 0.05) is 37.0 Å². The lowest BCUT2D eigenvalue weighted by atomic mass is 10.00. The van der Waals surface area contributed by atoms with Crippen LogP contribution in [-0.4, -0.2) is 39.3 Å². The Morgan fingerprint density at radius 3 is 2.57 bits per heavy atom. The zero-order valence-corrected chi connectivity index (χ0v) is 19.8. The van der Waals surface area contributed by atoms with Crippen LogP contribution in [0.3, 0.4) is 0 Å². The summed E-state index contributed by atoms with van der Waals surface area (Å²) in [5.41, 5.74) is 12.7. The van der Waals surface area contributed by atoms with Crippen LogP contribution in [-0.2, 0) is 13.5 Å². The van der Waals surface area contributed by atoms with Gasteiger partial charge < -0.3 is 5.73 Å². The van der Waals surface area contributed by atoms with Gasteiger partial charge in [0.1, 0.15) is 17.7 Å². The average Bonchev–Trinajstić information content (AvgIpc) is 3.56. The molecule has 0 aliphatic carbocycles. The SMILES string of the molecule is Cn1cc(-c2ccccc2Cc2nc3c(N)nc(-c4ccccc4C#N)c(-c4ccncn4)n3n2)cn1. The molecular formula is C27H20N10. The number of nitrogens with zero attached hydrogens (tertiary/aromatic N) is 9. The minimum atomic E-state index is 0.208. The zero-order chi connectivity index (χ0) is 25.4. The summed E-state index contributed by atoms with van der Waals surface area (Å²) in [5, 5.41) is 18.9. The van der Waals surface area contributed by atoms with Gasteiger partial charge >= 0.3 is 0 Å². The maximum absolute atomic E-state index is 9.74. The molecule has 0 bridgehead atoms. The highest BCUT2D eigenvalue weighted by Crippen LogP contribution is 2.33. The van der Waals surface area contributed by atoms with Crippen LogP contribution in [0, 0.1) is 11.3 Å². The summed E-state index contributed by atoms with van der Waals surface area (Å²) >= 11 is 0. The van der Waals surface area contributed by atoms with E-state index in [0.29, 0.717) is 46.1 Å². The van der Waals surface area contributed by atoms with Gasteiger partial charge in [-0.2, -0.15) is 15.5 Å². The monoisotopic (exact) mass is 484 g/mol. The molecule has 0 radical (unpaired) electrons. The number of nitrogens with two attached hydrogens (primary N) is 1. The topological polar surface area (TPSA) is 136 Å². The molecule has 37 heavy (non-hydrogen) atoms. The molecule has 4 aromatic heterocycles. The Kier molecular flexibility index (Phi) is 5.35. The molecule has 2 aromatic carbocycles. The summed E-state index contributed by atoms with van der Waals surface area (Å²) in [6.07, 6.45) is 7.39. The molecule has 6 rings (SSSR count). The van der Waals surface area contributed by atoms with Gasteiger partial charge in [0.25, 0.3) is 0 Å². The largest absolute Gasteiger partial charge is 0.381 e. The molecule has 0 aliphatic rings. The molecule has 10 heteroatoms. The third-order valence-electron chi connectivity index (χ3n) is 6.06. The van der Waals surface area contributed by atoms with Gasteiger partial charge in [-0.15, -0.1) is 0 Å². The summed E-state index contributed by atoms with van der Waals surface area (Å²) in [6.45, 7) is 0. The van der Waals surface area contributed by atoms with Crippen LogP contribution in [0.25, 0.3) is 39.4 Å². The quantitative estimate of drug-likeness (QED) is 0.391. The number of hydrogen-bond donors (Lipinski definition) is 1. The van der Waals surface area contributed by atoms with Crippen molar-refractivity contribution >= 4 is 11.5 Å². The zero-order valence-electron chi connectivity index (χ0n) is 19.8. The number of nitrogen functional groups attached to an aromatic ring is 1. The lowest BCUT2D eigenvalue weighted by molar-refractivity contribution is 0.768. The molecule has 2 N–H and O–H groups in total. The Balaban J connectivity index is 1.55. The second-order valence-corrected chi connectivity index (χ2v) is 8.45. The van der Waals surface area contributed by atoms with E-state index in [2.05, 4.69) is 38.3 Å². The Labute approximate surface area is 211 Å². The van der Waals surface area contributed by atoms with E-state index >= 15 is 0 Å². The van der Waals surface area contributed by atoms with Gasteiger partial charge in [0.05, 0.1) is 23.5 Å². The summed E-state index contributed by atoms with van der Waals surface area (Å²) in [6, 6.07) is 19.3. The Morgan fingerprint density at radius 2 is 1.81 bits per heavy atom. The number of anilines is 1. The minimum Gasteiger partial charge on any atom is -0.381 e. The van der Waals surface area contributed by atoms with Crippen LogP contribution in [0.4, 0.5) is 5.82 Å². The predicted molar refractivity (Wildman–Crippen MR) is 138 cm³/mol. The van der Waals surface area contributed by atoms with Gasteiger partial charge in [-0.25, -0.2) is 24.5 Å². The van der Waals surface area contributed by atoms with Gasteiger partial charge in [0.2, 0.25) is 0 Å². The standard InChI is InChI=1S/C27H20N10/c1-36-15-19(14-32-36)20-8-4-2-6-17(20)12-23-33-27-26(29)34-24(21-9-5-3-7-18(21)13-28)25(37(27)35-23)22-10-11-30-16-31-22/h2-11,14-16H,12H2,1H3,(H2,29,34). The van der Waals surface area contributed by atoms with E-state index in [9.17, 15) is 5.26 Å². The second-order valence-electron chi connectivity index (χ2n) is 8.45. The molecule has 178 valence electrons. The van der Waals surface area contributed by atoms with E-state index in [0.717, 1.165) is 16.7 Å². The number of hydrogen-bond acceptors (Lipinski definition) is 8. The number of nitriles is 1. The highest BCUT2D eigenvalue weighted by atomic mass is 15.3. The molecule has 6 aromatic rings. The third kappa shape index (κ3) is 3.94. The molecule has 0 amide bonds. The molecule has 0 aliphatic heterocycles. The normalized spacial score (nSPS) is 11.0. The van der Waals surface area contributed by atoms with Gasteiger partial charge in [-0.05, 0) is 23.3 Å². The fraction of sp³-hybridized carbons (Fsp3) is 0.0741. The van der Waals surface area contributed by atoms with Crippen LogP contribution in [0.5, 0.6) is 0 Å². The van der Waals surface area contributed by atoms with Crippen molar-refractivity contribution in [3.8, 4) is 39.8 Å². The Morgan fingerprint density at radius 1 is 1.00 bits per heavy atom. The van der Waals surface area contributed by atoms with Crippen molar-refractivity contribution in [3.63, 3.8) is 0 Å². The molecule has 0 saturated carbocycles. The smallest absolute Gasteiger partial charge is 0.198 e. The van der Waals surface area contributed by atoms with Crippen molar-refractivity contribution in [2.75, 3.05) is 5.73 Å². The van der Waals surface area contributed by atoms with Gasteiger partial charge in [-0.1, -0.05) is 42.5 Å². The van der Waals surface area contributed by atoms with Crippen LogP contribution >= 0.6 is 0 Å². The van der Waals surface area contributed by atoms with E-state index in [-0.39, 0.29) is 5.82 Å². The molecule has 4 heterocycles. The number of rotatable bonds is 5. The first-order valence-electron chi connectivity index (χ1n) is 11.5. The fourth-order valence-electron chi connectivity index (χ4n) is 4.40. The van der Waals surface area contributed by atoms with E-state index in [4.69, 9.17) is 15.8 Å². The summed E-state index contributed by atoms with van der Waals surface area (Å²) < 4.78 is 3.44. The number of fused-ring (bicyclic) bond motifs is 1. The highest BCUT2D eigenvalue weighted by molar-refractivity contribution is 5.83. The van der Waals surface area contributed by atoms with E-state index in [1.165, 1.54) is 6.33 Å². The van der Waals surface area contributed by atoms with Crippen molar-refractivity contribution in [2.24, 2.45) is 7.05 Å². The first-order chi connectivity index (χ1) is 18.1. The summed E-state index contributed by atoms with van der Waals surface area (Å²) in [4.78, 5) is 17.9. The predicted octanol–water partition coefficient (Wildman–Crippen LogP) is 3.69. The molecule has 0 spiro atoms. The molecule has 0 atom stereocenters. The lowest BCUT2D eigenvalue weighted by Gasteiger charge is -2.12. The number of aromatic nitrogens is 8. The third-order valence-corrected chi connectivity index (χ3v) is 6.06. The number of benzene rings is 2. The van der Waals surface area contributed by atoms with Crippen LogP contribution in [0.2, 0.25) is 0 Å². The first-order valence-corrected chi connectivity index (χ1v) is 11.5. The molecule has 10 nitrogen and oxygen atoms in total. The summed E-state index contributed by atoms with van der Waals surface area (Å²) in [7, 11) is 1.89. The van der Waals surface area contributed by atoms with Gasteiger partial charge in [-0.3, -0.25) is 4.68 Å². The Hall–Kier alpha value is -5.43. The second kappa shape index (κ2) is 8.98. The first kappa shape index (κ1) is 22.1. The van der Waals surface area contributed by atoms with Crippen LogP contribution < -0.4 is 5.73 Å². The van der Waals surface area contributed by atoms with Crippen molar-refractivity contribution < 1.29 is 0 Å². The highest BCUT2D eigenvalue weighted by Gasteiger charge is 2.22. The van der Waals surface area contributed by atoms with Crippen molar-refractivity contribution in [1.82, 2.24) is 39.3 Å². The molecule has 0 fully saturated rings. The number of aryl methyl sites for hydroxylation is 1. The van der Waals surface area contributed by atoms with Crippen molar-refractivity contribution in [3.05, 3.63) is 96.5 Å². The fourth-order valence-corrected chi connectivity index (χ4v) is 4.40. The summed E-state index contributed by atoms with van der Waals surface area (Å²) in [5.74, 6) is 0.783. The average molecular weight is 485 g/mol. The maximum Gasteiger partial charge on any atom is 0.198 e. The van der Waals surface area contributed by atoms with Crippen molar-refractivity contribution in [1.29, 1.82) is 5.26 Å². The lowest BCUT2D eigenvalue weighted by Crippen LogP contribution is -2.06. The van der Waals surface area contributed by atoms with Crippen LogP contribution in [0.1, 0.15) is 17.0 Å². The maximum atomic E-state index is 9.74. The van der Waals surface area contributed by atoms with E-state index < -0.39 is 0 Å². The van der Waals surface area contributed by atoms with Crippen molar-refractivity contribution in [2.45, 2.75) is 6.42 Å².